The van der Waals surface area contributed by atoms with Crippen LogP contribution in [0, 0.1) is 10.5 Å². The van der Waals surface area contributed by atoms with Crippen LogP contribution in [0.3, 0.4) is 0 Å². The van der Waals surface area contributed by atoms with E-state index in [2.05, 4.69) is 5.48 Å². The number of nitrogens with one attached hydrogen (secondary N) is 1. The largest absolute Gasteiger partial charge is 0.492 e. The molecular weight excluding hydrogens is 533 g/mol. The lowest BCUT2D eigenvalue weighted by molar-refractivity contribution is -0.273. The zero-order chi connectivity index (χ0) is 22.6. The number of rotatable bonds is 8. The lowest BCUT2D eigenvalue weighted by atomic mass is 9.99. The molecular formula is C18H26INO9S. The summed E-state index contributed by atoms with van der Waals surface area (Å²) in [6.07, 6.45) is -4.99. The number of hydrogen-bond donors (Lipinski definition) is 3. The molecule has 10 nitrogen and oxygen atoms in total. The van der Waals surface area contributed by atoms with Crippen molar-refractivity contribution in [3.63, 3.8) is 0 Å². The van der Waals surface area contributed by atoms with Gasteiger partial charge in [-0.25, -0.2) is 4.28 Å². The van der Waals surface area contributed by atoms with Gasteiger partial charge in [-0.2, -0.15) is 5.48 Å². The van der Waals surface area contributed by atoms with Crippen molar-refractivity contribution in [2.45, 2.75) is 44.6 Å². The van der Waals surface area contributed by atoms with Crippen LogP contribution in [0.5, 0.6) is 17.2 Å². The minimum absolute atomic E-state index is 0.157. The van der Waals surface area contributed by atoms with E-state index in [1.807, 2.05) is 22.6 Å². The summed E-state index contributed by atoms with van der Waals surface area (Å²) in [6, 6.07) is 0. The lowest BCUT2D eigenvalue weighted by Gasteiger charge is -2.40. The Labute approximate surface area is 192 Å². The van der Waals surface area contributed by atoms with Gasteiger partial charge in [-0.3, -0.25) is 4.79 Å². The van der Waals surface area contributed by atoms with E-state index < -0.39 is 35.8 Å². The van der Waals surface area contributed by atoms with Crippen molar-refractivity contribution < 1.29 is 43.0 Å². The first-order valence-corrected chi connectivity index (χ1v) is 10.7. The predicted molar refractivity (Wildman–Crippen MR) is 117 cm³/mol. The van der Waals surface area contributed by atoms with E-state index in [0.29, 0.717) is 21.2 Å². The van der Waals surface area contributed by atoms with E-state index in [1.54, 1.807) is 13.8 Å². The molecule has 0 aliphatic carbocycles. The number of aliphatic hydroxyl groups is 2. The van der Waals surface area contributed by atoms with Crippen molar-refractivity contribution in [2.24, 2.45) is 0 Å². The third-order valence-electron chi connectivity index (χ3n) is 4.64. The Morgan fingerprint density at radius 3 is 2.30 bits per heavy atom. The molecule has 3 N–H and O–H groups in total. The van der Waals surface area contributed by atoms with Gasteiger partial charge >= 0.3 is 0 Å². The highest BCUT2D eigenvalue weighted by atomic mass is 127. The van der Waals surface area contributed by atoms with Crippen LogP contribution in [0.4, 0.5) is 0 Å². The number of halogens is 1. The molecule has 0 radical (unpaired) electrons. The van der Waals surface area contributed by atoms with Gasteiger partial charge in [0.2, 0.25) is 12.0 Å². The third-order valence-corrected chi connectivity index (χ3v) is 6.55. The van der Waals surface area contributed by atoms with Gasteiger partial charge in [0.15, 0.2) is 11.5 Å². The minimum atomic E-state index is -1.27. The molecule has 5 atom stereocenters. The fourth-order valence-electron chi connectivity index (χ4n) is 3.11. The number of ether oxygens (including phenoxy) is 5. The van der Waals surface area contributed by atoms with Crippen molar-refractivity contribution in [1.82, 2.24) is 5.48 Å². The Balaban J connectivity index is 2.50. The van der Waals surface area contributed by atoms with Crippen molar-refractivity contribution in [3.8, 4) is 17.2 Å². The summed E-state index contributed by atoms with van der Waals surface area (Å²) in [5, 5.41) is 20.4. The Bertz CT molecular complexity index is 766. The van der Waals surface area contributed by atoms with E-state index >= 15 is 0 Å². The van der Waals surface area contributed by atoms with Crippen LogP contribution < -0.4 is 19.7 Å². The molecule has 30 heavy (non-hydrogen) atoms. The summed E-state index contributed by atoms with van der Waals surface area (Å²) >= 11 is 2.62. The van der Waals surface area contributed by atoms with Crippen molar-refractivity contribution in [3.05, 3.63) is 14.7 Å². The first-order valence-electron chi connectivity index (χ1n) is 8.93. The predicted octanol–water partition coefficient (Wildman–Crippen LogP) is 1.42. The van der Waals surface area contributed by atoms with Gasteiger partial charge in [-0.1, -0.05) is 0 Å². The zero-order valence-corrected chi connectivity index (χ0v) is 20.4. The molecule has 2 rings (SSSR count). The second kappa shape index (κ2) is 11.1. The Kier molecular flexibility index (Phi) is 9.42. The number of hydroxylamine groups is 1. The summed E-state index contributed by atoms with van der Waals surface area (Å²) in [5.74, 6) is 0.541. The fourth-order valence-corrected chi connectivity index (χ4v) is 4.24. The topological polar surface area (TPSA) is 125 Å². The van der Waals surface area contributed by atoms with Gasteiger partial charge in [-0.05, 0) is 42.0 Å². The van der Waals surface area contributed by atoms with Crippen LogP contribution in [-0.2, 0) is 13.8 Å². The quantitative estimate of drug-likeness (QED) is 0.243. The maximum atomic E-state index is 12.6. The molecule has 1 aliphatic rings. The highest BCUT2D eigenvalue weighted by Gasteiger charge is 2.45. The maximum Gasteiger partial charge on any atom is 0.252 e. The van der Waals surface area contributed by atoms with Crippen LogP contribution in [0.25, 0.3) is 0 Å². The smallest absolute Gasteiger partial charge is 0.252 e. The van der Waals surface area contributed by atoms with E-state index in [1.165, 1.54) is 28.4 Å². The van der Waals surface area contributed by atoms with Crippen LogP contribution in [0.1, 0.15) is 22.8 Å². The fraction of sp³-hybridized carbons (Fsp3) is 0.611. The van der Waals surface area contributed by atoms with E-state index in [4.69, 9.17) is 28.0 Å². The number of carbonyl (C=O) groups excluding carboxylic acids is 1. The SMILES string of the molecule is CNOSC(=O)c1c(C)c(I)c(OC2OC(C)C(O)C(OC)C2O)c(OC)c1OC. The molecule has 5 unspecified atom stereocenters. The van der Waals surface area contributed by atoms with Gasteiger partial charge in [0.25, 0.3) is 5.12 Å². The molecule has 1 heterocycles. The molecule has 0 aromatic heterocycles. The van der Waals surface area contributed by atoms with E-state index in [-0.39, 0.29) is 22.8 Å². The molecule has 1 fully saturated rings. The number of methoxy groups -OCH3 is 3. The zero-order valence-electron chi connectivity index (χ0n) is 17.4. The molecule has 1 aromatic rings. The molecule has 0 saturated carbocycles. The third kappa shape index (κ3) is 4.96. The molecule has 0 bridgehead atoms. The van der Waals surface area contributed by atoms with E-state index in [0.717, 1.165) is 0 Å². The van der Waals surface area contributed by atoms with Crippen LogP contribution in [0.2, 0.25) is 0 Å². The number of benzene rings is 1. The summed E-state index contributed by atoms with van der Waals surface area (Å²) in [6.45, 7) is 3.37. The molecule has 1 saturated heterocycles. The lowest BCUT2D eigenvalue weighted by Crippen LogP contribution is -2.59. The number of carbonyl (C=O) groups is 1. The maximum absolute atomic E-state index is 12.6. The first-order chi connectivity index (χ1) is 14.2. The van der Waals surface area contributed by atoms with Crippen molar-refractivity contribution in [2.75, 3.05) is 28.4 Å². The molecule has 0 spiro atoms. The highest BCUT2D eigenvalue weighted by molar-refractivity contribution is 14.1. The average molecular weight is 559 g/mol. The summed E-state index contributed by atoms with van der Waals surface area (Å²) in [7, 11) is 5.73. The second-order valence-electron chi connectivity index (χ2n) is 6.38. The minimum Gasteiger partial charge on any atom is -0.492 e. The Hall–Kier alpha value is -0.870. The molecule has 1 aliphatic heterocycles. The molecule has 170 valence electrons. The normalized spacial score (nSPS) is 26.4. The van der Waals surface area contributed by atoms with Crippen molar-refractivity contribution >= 4 is 39.7 Å². The average Bonchev–Trinajstić information content (AvgIpc) is 2.73. The molecule has 1 aromatic carbocycles. The van der Waals surface area contributed by atoms with E-state index in [9.17, 15) is 15.0 Å². The Morgan fingerprint density at radius 1 is 1.13 bits per heavy atom. The standard InChI is InChI=1S/C18H26INO9S/c1-7-9(17(23)30-29-20-3)13(24-4)16(26-6)14(10(7)19)28-18-12(22)15(25-5)11(21)8(2)27-18/h8,11-12,15,18,20-22H,1-6H3. The molecule has 0 amide bonds. The number of aliphatic hydroxyl groups excluding tert-OH is 2. The van der Waals surface area contributed by atoms with Gasteiger partial charge in [0, 0.05) is 14.2 Å². The molecule has 12 heteroatoms. The van der Waals surface area contributed by atoms with Gasteiger partial charge in [0.1, 0.15) is 18.3 Å². The van der Waals surface area contributed by atoms with Crippen molar-refractivity contribution in [1.29, 1.82) is 0 Å². The van der Waals surface area contributed by atoms with Crippen LogP contribution in [0.15, 0.2) is 0 Å². The second-order valence-corrected chi connectivity index (χ2v) is 8.16. The highest BCUT2D eigenvalue weighted by Crippen LogP contribution is 2.47. The number of hydrogen-bond acceptors (Lipinski definition) is 11. The summed E-state index contributed by atoms with van der Waals surface area (Å²) in [5.41, 5.74) is 3.25. The van der Waals surface area contributed by atoms with Gasteiger partial charge in [-0.15, -0.1) is 0 Å². The van der Waals surface area contributed by atoms with Crippen LogP contribution in [-0.4, -0.2) is 74.4 Å². The van der Waals surface area contributed by atoms with Gasteiger partial charge < -0.3 is 33.9 Å². The Morgan fingerprint density at radius 2 is 1.77 bits per heavy atom. The monoisotopic (exact) mass is 559 g/mol. The first kappa shape index (κ1) is 25.4. The van der Waals surface area contributed by atoms with Gasteiger partial charge in [0.05, 0.1) is 41.5 Å². The summed E-state index contributed by atoms with van der Waals surface area (Å²) in [4.78, 5) is 12.6. The summed E-state index contributed by atoms with van der Waals surface area (Å²) < 4.78 is 33.3. The van der Waals surface area contributed by atoms with Crippen LogP contribution >= 0.6 is 34.6 Å².